The fraction of sp³-hybridized carbons (Fsp3) is 0.333. The van der Waals surface area contributed by atoms with E-state index in [0.717, 1.165) is 33.5 Å². The van der Waals surface area contributed by atoms with E-state index in [-0.39, 0.29) is 28.5 Å². The first-order valence-corrected chi connectivity index (χ1v) is 14.6. The summed E-state index contributed by atoms with van der Waals surface area (Å²) in [6, 6.07) is 7.34. The summed E-state index contributed by atoms with van der Waals surface area (Å²) in [7, 11) is -4.13. The summed E-state index contributed by atoms with van der Waals surface area (Å²) in [5.41, 5.74) is 1.91. The summed E-state index contributed by atoms with van der Waals surface area (Å²) in [5.74, 6) is -1.64. The summed E-state index contributed by atoms with van der Waals surface area (Å²) < 4.78 is 32.8. The van der Waals surface area contributed by atoms with Crippen LogP contribution >= 0.6 is 22.7 Å². The average molecular weight is 546 g/mol. The van der Waals surface area contributed by atoms with Crippen molar-refractivity contribution in [1.82, 2.24) is 4.57 Å². The van der Waals surface area contributed by atoms with Crippen LogP contribution in [0.15, 0.2) is 29.3 Å². The number of carbonyl (C=O) groups is 3. The maximum atomic E-state index is 12.6. The van der Waals surface area contributed by atoms with Gasteiger partial charge < -0.3 is 14.6 Å². The summed E-state index contributed by atoms with van der Waals surface area (Å²) in [5, 5.41) is 2.81. The maximum absolute atomic E-state index is 12.6. The van der Waals surface area contributed by atoms with Gasteiger partial charge in [-0.2, -0.15) is 4.99 Å². The minimum Gasteiger partial charge on any atom is -0.462 e. The van der Waals surface area contributed by atoms with Gasteiger partial charge in [-0.25, -0.2) is 13.2 Å². The Hall–Kier alpha value is -3.27. The largest absolute Gasteiger partial charge is 0.462 e. The predicted molar refractivity (Wildman–Crippen MR) is 139 cm³/mol. The second-order valence-electron chi connectivity index (χ2n) is 8.01. The number of anilines is 1. The molecule has 3 aromatic rings. The van der Waals surface area contributed by atoms with Crippen molar-refractivity contribution in [3.05, 3.63) is 45.1 Å². The van der Waals surface area contributed by atoms with Crippen molar-refractivity contribution in [3.63, 3.8) is 0 Å². The molecule has 0 unspecified atom stereocenters. The third-order valence-corrected chi connectivity index (χ3v) is 9.06. The normalized spacial score (nSPS) is 13.4. The summed E-state index contributed by atoms with van der Waals surface area (Å²) in [4.78, 5) is 42.8. The number of esters is 1. The van der Waals surface area contributed by atoms with E-state index < -0.39 is 39.1 Å². The van der Waals surface area contributed by atoms with Gasteiger partial charge in [-0.3, -0.25) is 9.59 Å². The molecule has 188 valence electrons. The van der Waals surface area contributed by atoms with Crippen LogP contribution < -0.4 is 10.1 Å². The second-order valence-corrected chi connectivity index (χ2v) is 12.2. The van der Waals surface area contributed by atoms with Crippen LogP contribution in [0.4, 0.5) is 5.00 Å². The van der Waals surface area contributed by atoms with E-state index in [4.69, 9.17) is 11.2 Å². The highest BCUT2D eigenvalue weighted by Gasteiger charge is 2.29. The number of hydrogen-bond acceptors (Lipinski definition) is 8. The van der Waals surface area contributed by atoms with Crippen LogP contribution in [0.5, 0.6) is 0 Å². The number of thiazole rings is 1. The molecular weight excluding hydrogens is 522 g/mol. The Balaban J connectivity index is 1.49. The van der Waals surface area contributed by atoms with Crippen LogP contribution in [-0.4, -0.2) is 48.9 Å². The SMILES string of the molecule is C#CCn1c(=NC(=O)CS(=O)(=O)CC(=O)Nc2sc3c(c2C(=O)OCC)CCC3)sc2ccccc21. The molecule has 0 saturated heterocycles. The molecule has 0 bridgehead atoms. The van der Waals surface area contributed by atoms with Crippen molar-refractivity contribution in [2.24, 2.45) is 4.99 Å². The van der Waals surface area contributed by atoms with Gasteiger partial charge in [0.15, 0.2) is 14.6 Å². The highest BCUT2D eigenvalue weighted by atomic mass is 32.2. The van der Waals surface area contributed by atoms with Gasteiger partial charge in [0, 0.05) is 4.88 Å². The lowest BCUT2D eigenvalue weighted by atomic mass is 10.1. The van der Waals surface area contributed by atoms with Crippen molar-refractivity contribution >= 4 is 65.5 Å². The van der Waals surface area contributed by atoms with Crippen molar-refractivity contribution in [3.8, 4) is 12.3 Å². The number of rotatable bonds is 8. The molecule has 1 aliphatic rings. The molecule has 0 saturated carbocycles. The summed E-state index contributed by atoms with van der Waals surface area (Å²) in [6.45, 7) is 2.03. The molecule has 1 aromatic carbocycles. The van der Waals surface area contributed by atoms with Crippen LogP contribution in [0.1, 0.15) is 34.1 Å². The Labute approximate surface area is 215 Å². The molecule has 0 fully saturated rings. The molecular formula is C24H23N3O6S3. The number of aromatic nitrogens is 1. The van der Waals surface area contributed by atoms with Gasteiger partial charge >= 0.3 is 5.97 Å². The van der Waals surface area contributed by atoms with E-state index >= 15 is 0 Å². The van der Waals surface area contributed by atoms with Gasteiger partial charge in [-0.15, -0.1) is 17.8 Å². The summed E-state index contributed by atoms with van der Waals surface area (Å²) in [6.07, 6.45) is 7.83. The molecule has 0 spiro atoms. The van der Waals surface area contributed by atoms with E-state index in [2.05, 4.69) is 16.2 Å². The highest BCUT2D eigenvalue weighted by molar-refractivity contribution is 7.92. The number of ether oxygens (including phenoxy) is 1. The molecule has 1 aliphatic carbocycles. The van der Waals surface area contributed by atoms with Crippen LogP contribution in [0.3, 0.4) is 0 Å². The van der Waals surface area contributed by atoms with Crippen LogP contribution in [0.2, 0.25) is 0 Å². The standard InChI is InChI=1S/C24H23N3O6S3/c1-3-12-27-16-9-5-6-10-18(16)35-24(27)26-20(29)14-36(31,32)13-19(28)25-22-21(23(30)33-4-2)15-8-7-11-17(15)34-22/h1,5-6,9-10H,4,7-8,11-14H2,2H3,(H,25,28). The number of sulfone groups is 1. The Bertz CT molecular complexity index is 1570. The van der Waals surface area contributed by atoms with Crippen molar-refractivity contribution in [1.29, 1.82) is 0 Å². The Morgan fingerprint density at radius 3 is 2.72 bits per heavy atom. The van der Waals surface area contributed by atoms with E-state index in [1.807, 2.05) is 24.3 Å². The van der Waals surface area contributed by atoms with E-state index in [1.165, 1.54) is 22.7 Å². The molecule has 0 aliphatic heterocycles. The number of fused-ring (bicyclic) bond motifs is 2. The van der Waals surface area contributed by atoms with Gasteiger partial charge in [0.2, 0.25) is 5.91 Å². The molecule has 9 nitrogen and oxygen atoms in total. The van der Waals surface area contributed by atoms with Crippen molar-refractivity contribution in [2.45, 2.75) is 32.7 Å². The average Bonchev–Trinajstić information content (AvgIpc) is 3.46. The molecule has 36 heavy (non-hydrogen) atoms. The first kappa shape index (κ1) is 25.8. The lowest BCUT2D eigenvalue weighted by Gasteiger charge is -2.08. The van der Waals surface area contributed by atoms with Gasteiger partial charge in [-0.05, 0) is 43.9 Å². The quantitative estimate of drug-likeness (QED) is 0.343. The zero-order valence-corrected chi connectivity index (χ0v) is 21.9. The van der Waals surface area contributed by atoms with Crippen molar-refractivity contribution < 1.29 is 27.5 Å². The predicted octanol–water partition coefficient (Wildman–Crippen LogP) is 2.54. The van der Waals surface area contributed by atoms with Crippen molar-refractivity contribution in [2.75, 3.05) is 23.4 Å². The number of hydrogen-bond donors (Lipinski definition) is 1. The first-order chi connectivity index (χ1) is 17.2. The lowest BCUT2D eigenvalue weighted by molar-refractivity contribution is -0.115. The van der Waals surface area contributed by atoms with Gasteiger partial charge in [0.1, 0.15) is 16.5 Å². The number of benzene rings is 1. The molecule has 2 heterocycles. The van der Waals surface area contributed by atoms with E-state index in [0.29, 0.717) is 6.42 Å². The van der Waals surface area contributed by atoms with Gasteiger partial charge in [0.05, 0.1) is 28.9 Å². The number of nitrogens with one attached hydrogen (secondary N) is 1. The number of amides is 2. The Kier molecular flexibility index (Phi) is 7.73. The number of para-hydroxylation sites is 1. The number of carbonyl (C=O) groups excluding carboxylic acids is 3. The van der Waals surface area contributed by atoms with E-state index in [1.54, 1.807) is 11.5 Å². The fourth-order valence-electron chi connectivity index (χ4n) is 4.00. The molecule has 0 atom stereocenters. The number of thiophene rings is 1. The molecule has 12 heteroatoms. The van der Waals surface area contributed by atoms with Gasteiger partial charge in [0.25, 0.3) is 5.91 Å². The highest BCUT2D eigenvalue weighted by Crippen LogP contribution is 2.39. The number of nitrogens with zero attached hydrogens (tertiary/aromatic N) is 2. The monoisotopic (exact) mass is 545 g/mol. The smallest absolute Gasteiger partial charge is 0.341 e. The summed E-state index contributed by atoms with van der Waals surface area (Å²) >= 11 is 2.47. The van der Waals surface area contributed by atoms with Crippen LogP contribution in [0, 0.1) is 12.3 Å². The molecule has 2 aromatic heterocycles. The Morgan fingerprint density at radius 1 is 1.19 bits per heavy atom. The minimum absolute atomic E-state index is 0.166. The van der Waals surface area contributed by atoms with Crippen LogP contribution in [-0.2, 0) is 43.5 Å². The number of aryl methyl sites for hydroxylation is 1. The third-order valence-electron chi connectivity index (χ3n) is 5.41. The zero-order valence-electron chi connectivity index (χ0n) is 19.4. The minimum atomic E-state index is -4.13. The zero-order chi connectivity index (χ0) is 25.9. The lowest BCUT2D eigenvalue weighted by Crippen LogP contribution is -2.28. The Morgan fingerprint density at radius 2 is 1.97 bits per heavy atom. The third kappa shape index (κ3) is 5.59. The fourth-order valence-corrected chi connectivity index (χ4v) is 7.36. The van der Waals surface area contributed by atoms with Crippen LogP contribution in [0.25, 0.3) is 10.2 Å². The molecule has 0 radical (unpaired) electrons. The molecule has 1 N–H and O–H groups in total. The second kappa shape index (κ2) is 10.8. The van der Waals surface area contributed by atoms with Gasteiger partial charge in [-0.1, -0.05) is 29.4 Å². The molecule has 2 amide bonds. The van der Waals surface area contributed by atoms with E-state index in [9.17, 15) is 22.8 Å². The number of terminal acetylenes is 1. The topological polar surface area (TPSA) is 124 Å². The molecule has 4 rings (SSSR count). The maximum Gasteiger partial charge on any atom is 0.341 e. The first-order valence-electron chi connectivity index (χ1n) is 11.1.